The molecule has 0 nitrogen and oxygen atoms in total. The summed E-state index contributed by atoms with van der Waals surface area (Å²) in [5, 5.41) is 27.3. The summed E-state index contributed by atoms with van der Waals surface area (Å²) >= 11 is 0. The van der Waals surface area contributed by atoms with E-state index >= 15 is 0 Å². The molecule has 0 unspecified atom stereocenters. The van der Waals surface area contributed by atoms with Crippen LogP contribution in [0.3, 0.4) is 0 Å². The van der Waals surface area contributed by atoms with Gasteiger partial charge in [0.2, 0.25) is 0 Å². The van der Waals surface area contributed by atoms with Crippen molar-refractivity contribution in [1.29, 1.82) is 0 Å². The summed E-state index contributed by atoms with van der Waals surface area (Å²) in [4.78, 5) is 0. The predicted molar refractivity (Wildman–Crippen MR) is 316 cm³/mol. The monoisotopic (exact) mass is 922 g/mol. The van der Waals surface area contributed by atoms with Crippen LogP contribution in [0.2, 0.25) is 0 Å². The average Bonchev–Trinajstić information content (AvgIpc) is 4.03. The highest BCUT2D eigenvalue weighted by molar-refractivity contribution is 6.52. The van der Waals surface area contributed by atoms with Crippen molar-refractivity contribution in [2.24, 2.45) is 0 Å². The average molecular weight is 923 g/mol. The molecule has 0 spiro atoms. The quantitative estimate of drug-likeness (QED) is 0.119. The molecule has 0 radical (unpaired) electrons. The van der Waals surface area contributed by atoms with E-state index in [4.69, 9.17) is 0 Å². The molecule has 0 saturated heterocycles. The van der Waals surface area contributed by atoms with Crippen molar-refractivity contribution in [1.82, 2.24) is 0 Å². The van der Waals surface area contributed by atoms with Gasteiger partial charge in [-0.2, -0.15) is 0 Å². The van der Waals surface area contributed by atoms with E-state index in [1.54, 1.807) is 0 Å². The highest BCUT2D eigenvalue weighted by atomic mass is 14.3. The molecule has 14 aromatic carbocycles. The Labute approximate surface area is 421 Å². The Kier molecular flexibility index (Phi) is 8.39. The van der Waals surface area contributed by atoms with E-state index in [1.165, 1.54) is 180 Å². The molecule has 0 saturated carbocycles. The van der Waals surface area contributed by atoms with Crippen LogP contribution in [-0.4, -0.2) is 0 Å². The first-order valence-corrected chi connectivity index (χ1v) is 26.6. The topological polar surface area (TPSA) is 0 Å². The van der Waals surface area contributed by atoms with Gasteiger partial charge in [-0.15, -0.1) is 0 Å². The maximum absolute atomic E-state index is 2.55. The van der Waals surface area contributed by atoms with E-state index in [1.807, 2.05) is 0 Å². The molecule has 15 rings (SSSR count). The molecule has 0 heterocycles. The van der Waals surface area contributed by atoms with Gasteiger partial charge >= 0.3 is 0 Å². The summed E-state index contributed by atoms with van der Waals surface area (Å²) in [5.41, 5.74) is 17.9. The van der Waals surface area contributed by atoms with Gasteiger partial charge in [-0.3, -0.25) is 0 Å². The molecule has 0 fully saturated rings. The van der Waals surface area contributed by atoms with E-state index in [-0.39, 0.29) is 5.41 Å². The lowest BCUT2D eigenvalue weighted by atomic mass is 9.81. The van der Waals surface area contributed by atoms with Crippen LogP contribution in [0.5, 0.6) is 0 Å². The summed E-state index contributed by atoms with van der Waals surface area (Å²) in [6, 6.07) is 60.3. The molecule has 0 heteroatoms. The summed E-state index contributed by atoms with van der Waals surface area (Å²) in [5.74, 6) is 1.32. The minimum Gasteiger partial charge on any atom is -0.0620 e. The van der Waals surface area contributed by atoms with Crippen molar-refractivity contribution in [2.45, 2.75) is 92.4 Å². The summed E-state index contributed by atoms with van der Waals surface area (Å²) in [7, 11) is 0. The van der Waals surface area contributed by atoms with Crippen molar-refractivity contribution < 1.29 is 0 Å². The van der Waals surface area contributed by atoms with Gasteiger partial charge in [0.25, 0.3) is 0 Å². The Morgan fingerprint density at radius 1 is 0.319 bits per heavy atom. The van der Waals surface area contributed by atoms with Gasteiger partial charge in [-0.05, 0) is 222 Å². The lowest BCUT2D eigenvalue weighted by molar-refractivity contribution is 0.591. The SMILES string of the molecule is Cc1ccccc1-c1c2cc3cc(C(C)(C)C)ccc3c3c4ccccc4c(c4c5ccc6c7ccc8c9c(ccc(c%10ccc(c14)c5c%106)c97)-c1ccc(-c4c(C(C)C)cc(C(C)C)cc4C(C)C)cc1-8)c23. The maximum Gasteiger partial charge on any atom is -0.000695 e. The number of rotatable bonds is 5. The molecule has 0 bridgehead atoms. The molecule has 0 amide bonds. The Balaban J connectivity index is 1.05. The minimum atomic E-state index is 0.0360. The molecule has 1 aliphatic carbocycles. The Bertz CT molecular complexity index is 4630. The normalized spacial score (nSPS) is 13.2. The van der Waals surface area contributed by atoms with Gasteiger partial charge in [-0.25, -0.2) is 0 Å². The second-order valence-electron chi connectivity index (χ2n) is 23.7. The van der Waals surface area contributed by atoms with Crippen molar-refractivity contribution >= 4 is 108 Å². The fraction of sp³-hybridized carbons (Fsp3) is 0.194. The van der Waals surface area contributed by atoms with Gasteiger partial charge in [-0.1, -0.05) is 202 Å². The zero-order chi connectivity index (χ0) is 49.0. The van der Waals surface area contributed by atoms with Crippen molar-refractivity contribution in [2.75, 3.05) is 0 Å². The third-order valence-electron chi connectivity index (χ3n) is 17.6. The fourth-order valence-electron chi connectivity index (χ4n) is 14.2. The van der Waals surface area contributed by atoms with Crippen LogP contribution in [0.15, 0.2) is 152 Å². The first-order chi connectivity index (χ1) is 34.8. The summed E-state index contributed by atoms with van der Waals surface area (Å²) in [6.07, 6.45) is 0. The fourth-order valence-corrected chi connectivity index (χ4v) is 14.2. The van der Waals surface area contributed by atoms with Gasteiger partial charge in [0.15, 0.2) is 0 Å². The van der Waals surface area contributed by atoms with E-state index in [2.05, 4.69) is 221 Å². The van der Waals surface area contributed by atoms with E-state index in [0.29, 0.717) is 17.8 Å². The zero-order valence-corrected chi connectivity index (χ0v) is 43.2. The number of hydrogen-bond donors (Lipinski definition) is 0. The molecule has 346 valence electrons. The van der Waals surface area contributed by atoms with Crippen LogP contribution < -0.4 is 0 Å². The van der Waals surface area contributed by atoms with E-state index in [0.717, 1.165) is 0 Å². The van der Waals surface area contributed by atoms with Crippen LogP contribution in [0.25, 0.3) is 152 Å². The maximum atomic E-state index is 2.55. The Morgan fingerprint density at radius 3 is 1.44 bits per heavy atom. The first-order valence-electron chi connectivity index (χ1n) is 26.6. The largest absolute Gasteiger partial charge is 0.0620 e. The highest BCUT2D eigenvalue weighted by Crippen LogP contribution is 2.58. The predicted octanol–water partition coefficient (Wildman–Crippen LogP) is 21.5. The standard InChI is InChI=1S/C72H58/c1-36(2)41-33-57(37(3)4)61(58(34-41)38(5)6)40-19-21-46-49-23-24-50-52-27-29-55-67-56(30-28-53(66(52)67)51-25-26-54(59(46)32-40)64(49)65(50)51)70-68-48-18-14-13-17-47(48)63-45-22-20-43(72(8,9)10)31-42(45)35-60(71(63)68)62(69(55)70)44-16-12-11-15-39(44)7/h11-38H,1-10H3. The highest BCUT2D eigenvalue weighted by Gasteiger charge is 2.31. The Morgan fingerprint density at radius 2 is 0.806 bits per heavy atom. The summed E-state index contributed by atoms with van der Waals surface area (Å²) in [6.45, 7) is 23.4. The lowest BCUT2D eigenvalue weighted by Gasteiger charge is -2.23. The third-order valence-corrected chi connectivity index (χ3v) is 17.6. The molecular weight excluding hydrogens is 865 g/mol. The first kappa shape index (κ1) is 42.2. The number of aryl methyl sites for hydroxylation is 1. The van der Waals surface area contributed by atoms with Crippen LogP contribution >= 0.6 is 0 Å². The van der Waals surface area contributed by atoms with E-state index < -0.39 is 0 Å². The van der Waals surface area contributed by atoms with Gasteiger partial charge in [0.05, 0.1) is 0 Å². The van der Waals surface area contributed by atoms with Crippen molar-refractivity contribution in [3.8, 4) is 44.5 Å². The van der Waals surface area contributed by atoms with Crippen molar-refractivity contribution in [3.63, 3.8) is 0 Å². The molecule has 0 aromatic heterocycles. The van der Waals surface area contributed by atoms with Gasteiger partial charge in [0.1, 0.15) is 0 Å². The number of fused-ring (bicyclic) bond motifs is 14. The van der Waals surface area contributed by atoms with Crippen LogP contribution in [0, 0.1) is 6.92 Å². The van der Waals surface area contributed by atoms with Crippen molar-refractivity contribution in [3.05, 3.63) is 179 Å². The second-order valence-corrected chi connectivity index (χ2v) is 23.7. The van der Waals surface area contributed by atoms with Gasteiger partial charge in [0, 0.05) is 0 Å². The molecule has 0 N–H and O–H groups in total. The zero-order valence-electron chi connectivity index (χ0n) is 43.2. The van der Waals surface area contributed by atoms with E-state index in [9.17, 15) is 0 Å². The molecule has 72 heavy (non-hydrogen) atoms. The smallest absolute Gasteiger partial charge is 0.000695 e. The molecule has 0 aliphatic heterocycles. The molecule has 1 aliphatic rings. The third kappa shape index (κ3) is 5.33. The summed E-state index contributed by atoms with van der Waals surface area (Å²) < 4.78 is 0. The molecular formula is C72H58. The molecule has 0 atom stereocenters. The number of hydrogen-bond acceptors (Lipinski definition) is 0. The van der Waals surface area contributed by atoms with Gasteiger partial charge < -0.3 is 0 Å². The minimum absolute atomic E-state index is 0.0360. The Hall–Kier alpha value is -7.54. The van der Waals surface area contributed by atoms with Crippen LogP contribution in [0.1, 0.15) is 108 Å². The molecule has 14 aromatic rings. The van der Waals surface area contributed by atoms with Crippen LogP contribution in [-0.2, 0) is 5.41 Å². The second kappa shape index (κ2) is 14.3. The number of benzene rings is 12. The lowest BCUT2D eigenvalue weighted by Crippen LogP contribution is -2.10. The van der Waals surface area contributed by atoms with Crippen LogP contribution in [0.4, 0.5) is 0 Å².